The topological polar surface area (TPSA) is 12.0 Å². The minimum atomic E-state index is 0.691. The summed E-state index contributed by atoms with van der Waals surface area (Å²) in [6, 6.07) is 9.58. The maximum atomic E-state index is 3.70. The second kappa shape index (κ2) is 6.09. The van der Waals surface area contributed by atoms with Gasteiger partial charge in [0.2, 0.25) is 0 Å². The molecule has 1 aliphatic rings. The lowest BCUT2D eigenvalue weighted by Gasteiger charge is -2.33. The molecule has 94 valence electrons. The molecule has 1 nitrogen and oxygen atoms in total. The molecule has 1 aliphatic heterocycles. The number of rotatable bonds is 5. The van der Waals surface area contributed by atoms with Gasteiger partial charge >= 0.3 is 0 Å². The summed E-state index contributed by atoms with van der Waals surface area (Å²) in [5.41, 5.74) is 2.94. The van der Waals surface area contributed by atoms with E-state index in [2.05, 4.69) is 43.4 Å². The van der Waals surface area contributed by atoms with E-state index in [4.69, 9.17) is 0 Å². The van der Waals surface area contributed by atoms with E-state index in [1.54, 1.807) is 5.56 Å². The molecule has 0 bridgehead atoms. The Morgan fingerprint density at radius 3 is 2.71 bits per heavy atom. The molecule has 2 atom stereocenters. The van der Waals surface area contributed by atoms with Crippen molar-refractivity contribution in [1.82, 2.24) is 0 Å². The van der Waals surface area contributed by atoms with E-state index in [0.717, 1.165) is 5.92 Å². The first-order valence-electron chi connectivity index (χ1n) is 7.20. The van der Waals surface area contributed by atoms with Gasteiger partial charge in [0.15, 0.2) is 0 Å². The molecule has 0 unspecified atom stereocenters. The fourth-order valence-corrected chi connectivity index (χ4v) is 3.00. The summed E-state index contributed by atoms with van der Waals surface area (Å²) in [4.78, 5) is 0. The number of fused-ring (bicyclic) bond motifs is 1. The Kier molecular flexibility index (Phi) is 4.47. The summed E-state index contributed by atoms with van der Waals surface area (Å²) >= 11 is 0. The molecule has 1 heteroatoms. The Balaban J connectivity index is 2.13. The zero-order valence-corrected chi connectivity index (χ0v) is 11.2. The number of hydrogen-bond acceptors (Lipinski definition) is 1. The molecule has 0 aliphatic carbocycles. The number of benzene rings is 1. The van der Waals surface area contributed by atoms with Crippen LogP contribution in [0.25, 0.3) is 0 Å². The van der Waals surface area contributed by atoms with E-state index < -0.39 is 0 Å². The minimum absolute atomic E-state index is 0.691. The number of unbranched alkanes of at least 4 members (excludes halogenated alkanes) is 1. The largest absolute Gasteiger partial charge is 0.382 e. The van der Waals surface area contributed by atoms with Gasteiger partial charge < -0.3 is 5.32 Å². The second-order valence-electron chi connectivity index (χ2n) is 5.29. The normalized spacial score (nSPS) is 22.9. The Bertz CT molecular complexity index is 345. The van der Waals surface area contributed by atoms with Crippen molar-refractivity contribution in [3.63, 3.8) is 0 Å². The third-order valence-corrected chi connectivity index (χ3v) is 3.87. The molecule has 0 aromatic heterocycles. The van der Waals surface area contributed by atoms with Gasteiger partial charge in [0.25, 0.3) is 0 Å². The van der Waals surface area contributed by atoms with Crippen LogP contribution in [0.1, 0.15) is 63.9 Å². The van der Waals surface area contributed by atoms with Crippen LogP contribution in [0.3, 0.4) is 0 Å². The first-order valence-corrected chi connectivity index (χ1v) is 7.20. The van der Waals surface area contributed by atoms with Gasteiger partial charge in [-0.15, -0.1) is 0 Å². The van der Waals surface area contributed by atoms with Crippen molar-refractivity contribution in [3.8, 4) is 0 Å². The molecule has 1 N–H and O–H groups in total. The molecule has 0 fully saturated rings. The van der Waals surface area contributed by atoms with Crippen molar-refractivity contribution in [3.05, 3.63) is 29.8 Å². The van der Waals surface area contributed by atoms with Gasteiger partial charge in [0.05, 0.1) is 0 Å². The van der Waals surface area contributed by atoms with E-state index >= 15 is 0 Å². The van der Waals surface area contributed by atoms with E-state index in [9.17, 15) is 0 Å². The van der Waals surface area contributed by atoms with Gasteiger partial charge in [0, 0.05) is 11.7 Å². The summed E-state index contributed by atoms with van der Waals surface area (Å²) in [7, 11) is 0. The van der Waals surface area contributed by atoms with Crippen LogP contribution in [-0.2, 0) is 0 Å². The van der Waals surface area contributed by atoms with Gasteiger partial charge in [-0.25, -0.2) is 0 Å². The molecule has 0 saturated heterocycles. The highest BCUT2D eigenvalue weighted by atomic mass is 14.9. The maximum Gasteiger partial charge on any atom is 0.0377 e. The summed E-state index contributed by atoms with van der Waals surface area (Å²) < 4.78 is 0. The number of hydrogen-bond donors (Lipinski definition) is 1. The fraction of sp³-hybridized carbons (Fsp3) is 0.625. The van der Waals surface area contributed by atoms with E-state index in [1.807, 2.05) is 0 Å². The standard InChI is InChI=1S/C16H25N/c1-3-5-9-13-12-14(8-4-2)17-16-11-7-6-10-15(13)16/h6-7,10-11,13-14,17H,3-5,8-9,12H2,1-2H3/t13-,14-/m1/s1. The van der Waals surface area contributed by atoms with Crippen molar-refractivity contribution in [2.24, 2.45) is 0 Å². The lowest BCUT2D eigenvalue weighted by atomic mass is 9.82. The predicted octanol–water partition coefficient (Wildman–Crippen LogP) is 4.94. The second-order valence-corrected chi connectivity index (χ2v) is 5.29. The first-order chi connectivity index (χ1) is 8.35. The van der Waals surface area contributed by atoms with Gasteiger partial charge in [0.1, 0.15) is 0 Å². The average Bonchev–Trinajstić information content (AvgIpc) is 2.36. The van der Waals surface area contributed by atoms with Crippen molar-refractivity contribution in [1.29, 1.82) is 0 Å². The molecule has 2 rings (SSSR count). The van der Waals surface area contributed by atoms with Gasteiger partial charge in [-0.3, -0.25) is 0 Å². The maximum absolute atomic E-state index is 3.70. The van der Waals surface area contributed by atoms with Gasteiger partial charge in [-0.1, -0.05) is 51.3 Å². The summed E-state index contributed by atoms with van der Waals surface area (Å²) in [5.74, 6) is 0.781. The van der Waals surface area contributed by atoms with Gasteiger partial charge in [-0.05, 0) is 36.8 Å². The Hall–Kier alpha value is -0.980. The van der Waals surface area contributed by atoms with Crippen LogP contribution in [0, 0.1) is 0 Å². The van der Waals surface area contributed by atoms with Crippen LogP contribution in [-0.4, -0.2) is 6.04 Å². The van der Waals surface area contributed by atoms with Crippen LogP contribution < -0.4 is 5.32 Å². The van der Waals surface area contributed by atoms with Crippen molar-refractivity contribution in [2.45, 2.75) is 64.3 Å². The molecule has 17 heavy (non-hydrogen) atoms. The van der Waals surface area contributed by atoms with Crippen LogP contribution in [0.4, 0.5) is 5.69 Å². The van der Waals surface area contributed by atoms with Crippen molar-refractivity contribution >= 4 is 5.69 Å². The van der Waals surface area contributed by atoms with Crippen LogP contribution in [0.15, 0.2) is 24.3 Å². The van der Waals surface area contributed by atoms with Crippen LogP contribution in [0.5, 0.6) is 0 Å². The van der Waals surface area contributed by atoms with Crippen LogP contribution in [0.2, 0.25) is 0 Å². The summed E-state index contributed by atoms with van der Waals surface area (Å²) in [5, 5.41) is 3.70. The van der Waals surface area contributed by atoms with E-state index in [1.165, 1.54) is 44.2 Å². The zero-order chi connectivity index (χ0) is 12.1. The molecule has 1 heterocycles. The molecule has 0 spiro atoms. The number of nitrogens with one attached hydrogen (secondary N) is 1. The highest BCUT2D eigenvalue weighted by Gasteiger charge is 2.24. The minimum Gasteiger partial charge on any atom is -0.382 e. The fourth-order valence-electron chi connectivity index (χ4n) is 3.00. The lowest BCUT2D eigenvalue weighted by molar-refractivity contribution is 0.468. The first kappa shape index (κ1) is 12.5. The lowest BCUT2D eigenvalue weighted by Crippen LogP contribution is -2.28. The number of para-hydroxylation sites is 1. The van der Waals surface area contributed by atoms with Crippen molar-refractivity contribution < 1.29 is 0 Å². The Labute approximate surface area is 106 Å². The predicted molar refractivity (Wildman–Crippen MR) is 75.6 cm³/mol. The SMILES string of the molecule is CCCC[C@@H]1C[C@@H](CCC)Nc2ccccc21. The van der Waals surface area contributed by atoms with Crippen molar-refractivity contribution in [2.75, 3.05) is 5.32 Å². The quantitative estimate of drug-likeness (QED) is 0.756. The third-order valence-electron chi connectivity index (χ3n) is 3.87. The third kappa shape index (κ3) is 3.02. The highest BCUT2D eigenvalue weighted by Crippen LogP contribution is 2.38. The molecule has 0 radical (unpaired) electrons. The number of anilines is 1. The highest BCUT2D eigenvalue weighted by molar-refractivity contribution is 5.55. The Morgan fingerprint density at radius 2 is 1.94 bits per heavy atom. The molecule has 0 amide bonds. The van der Waals surface area contributed by atoms with Gasteiger partial charge in [-0.2, -0.15) is 0 Å². The van der Waals surface area contributed by atoms with E-state index in [0.29, 0.717) is 6.04 Å². The molecular weight excluding hydrogens is 206 g/mol. The average molecular weight is 231 g/mol. The molecule has 1 aromatic rings. The zero-order valence-electron chi connectivity index (χ0n) is 11.2. The van der Waals surface area contributed by atoms with Crippen LogP contribution >= 0.6 is 0 Å². The summed E-state index contributed by atoms with van der Waals surface area (Å²) in [6.07, 6.45) is 7.93. The molecular formula is C16H25N. The monoisotopic (exact) mass is 231 g/mol. The molecule has 0 saturated carbocycles. The smallest absolute Gasteiger partial charge is 0.0377 e. The Morgan fingerprint density at radius 1 is 1.12 bits per heavy atom. The van der Waals surface area contributed by atoms with E-state index in [-0.39, 0.29) is 0 Å². The summed E-state index contributed by atoms with van der Waals surface area (Å²) in [6.45, 7) is 4.57. The molecule has 1 aromatic carbocycles.